The number of esters is 3. The summed E-state index contributed by atoms with van der Waals surface area (Å²) in [6.45, 7) is 6.41. The van der Waals surface area contributed by atoms with E-state index in [1.807, 2.05) is 0 Å². The number of hydrogen-bond donors (Lipinski definition) is 0. The van der Waals surface area contributed by atoms with Gasteiger partial charge in [0, 0.05) is 19.3 Å². The summed E-state index contributed by atoms with van der Waals surface area (Å²) in [5.41, 5.74) is 0. The number of carbonyl (C=O) groups is 3. The van der Waals surface area contributed by atoms with E-state index in [0.717, 1.165) is 103 Å². The fraction of sp³-hybridized carbons (Fsp3) is 0.667. The predicted molar refractivity (Wildman–Crippen MR) is 270 cm³/mol. The van der Waals surface area contributed by atoms with Crippen LogP contribution >= 0.6 is 0 Å². The Bertz CT molecular complexity index is 1280. The zero-order valence-corrected chi connectivity index (χ0v) is 40.8. The van der Waals surface area contributed by atoms with Crippen LogP contribution in [0.5, 0.6) is 0 Å². The van der Waals surface area contributed by atoms with Crippen LogP contribution in [0, 0.1) is 0 Å². The van der Waals surface area contributed by atoms with Gasteiger partial charge in [0.2, 0.25) is 0 Å². The summed E-state index contributed by atoms with van der Waals surface area (Å²) < 4.78 is 16.7. The molecule has 0 unspecified atom stereocenters. The summed E-state index contributed by atoms with van der Waals surface area (Å²) in [5, 5.41) is 0. The quantitative estimate of drug-likeness (QED) is 0.0262. The molecule has 0 aromatic heterocycles. The highest BCUT2D eigenvalue weighted by Crippen LogP contribution is 2.13. The molecule has 0 spiro atoms. The molecule has 0 bridgehead atoms. The summed E-state index contributed by atoms with van der Waals surface area (Å²) in [5.74, 6) is -0.991. The maximum absolute atomic E-state index is 12.8. The highest BCUT2D eigenvalue weighted by Gasteiger charge is 2.19. The van der Waals surface area contributed by atoms with Crippen LogP contribution in [-0.4, -0.2) is 37.2 Å². The van der Waals surface area contributed by atoms with E-state index < -0.39 is 6.10 Å². The van der Waals surface area contributed by atoms with Crippen LogP contribution < -0.4 is 0 Å². The Morgan fingerprint density at radius 2 is 0.635 bits per heavy atom. The molecule has 1 atom stereocenters. The summed E-state index contributed by atoms with van der Waals surface area (Å²) in [4.78, 5) is 37.9. The van der Waals surface area contributed by atoms with Crippen LogP contribution in [-0.2, 0) is 28.6 Å². The van der Waals surface area contributed by atoms with Crippen LogP contribution in [0.25, 0.3) is 0 Å². The largest absolute Gasteiger partial charge is 0.462 e. The van der Waals surface area contributed by atoms with Crippen molar-refractivity contribution in [1.29, 1.82) is 0 Å². The van der Waals surface area contributed by atoms with E-state index in [4.69, 9.17) is 14.2 Å². The minimum absolute atomic E-state index is 0.104. The molecule has 358 valence electrons. The van der Waals surface area contributed by atoms with Crippen molar-refractivity contribution in [2.75, 3.05) is 13.2 Å². The molecule has 0 saturated carbocycles. The second-order valence-corrected chi connectivity index (χ2v) is 16.7. The van der Waals surface area contributed by atoms with Crippen LogP contribution in [0.1, 0.15) is 226 Å². The molecule has 0 N–H and O–H groups in total. The number of allylic oxidation sites excluding steroid dienone is 16. The lowest BCUT2D eigenvalue weighted by atomic mass is 10.1. The molecule has 6 nitrogen and oxygen atoms in total. The molecular weight excluding hydrogens is 781 g/mol. The highest BCUT2D eigenvalue weighted by atomic mass is 16.6. The Hall–Kier alpha value is -3.67. The Morgan fingerprint density at radius 3 is 1.06 bits per heavy atom. The second-order valence-electron chi connectivity index (χ2n) is 16.7. The van der Waals surface area contributed by atoms with Gasteiger partial charge in [-0.05, 0) is 96.3 Å². The molecule has 0 aromatic carbocycles. The summed E-state index contributed by atoms with van der Waals surface area (Å²) in [6, 6.07) is 0. The third kappa shape index (κ3) is 49.2. The Balaban J connectivity index is 4.52. The van der Waals surface area contributed by atoms with Gasteiger partial charge < -0.3 is 14.2 Å². The zero-order chi connectivity index (χ0) is 45.8. The van der Waals surface area contributed by atoms with E-state index >= 15 is 0 Å². The van der Waals surface area contributed by atoms with Gasteiger partial charge in [0.1, 0.15) is 13.2 Å². The van der Waals surface area contributed by atoms with Crippen LogP contribution in [0.4, 0.5) is 0 Å². The smallest absolute Gasteiger partial charge is 0.306 e. The first kappa shape index (κ1) is 59.3. The number of hydrogen-bond acceptors (Lipinski definition) is 6. The number of rotatable bonds is 45. The molecule has 0 aliphatic rings. The van der Waals surface area contributed by atoms with Crippen molar-refractivity contribution >= 4 is 17.9 Å². The van der Waals surface area contributed by atoms with Gasteiger partial charge in [0.05, 0.1) is 0 Å². The van der Waals surface area contributed by atoms with Gasteiger partial charge in [0.15, 0.2) is 6.10 Å². The first-order valence-electron chi connectivity index (χ1n) is 25.7. The van der Waals surface area contributed by atoms with Gasteiger partial charge in [-0.2, -0.15) is 0 Å². The van der Waals surface area contributed by atoms with Crippen molar-refractivity contribution < 1.29 is 28.6 Å². The van der Waals surface area contributed by atoms with Crippen molar-refractivity contribution in [3.63, 3.8) is 0 Å². The number of ether oxygens (including phenoxy) is 3. The average molecular weight is 875 g/mol. The lowest BCUT2D eigenvalue weighted by molar-refractivity contribution is -0.167. The summed E-state index contributed by atoms with van der Waals surface area (Å²) in [6.07, 6.45) is 66.8. The molecule has 6 heteroatoms. The van der Waals surface area contributed by atoms with E-state index in [1.54, 1.807) is 0 Å². The normalized spacial score (nSPS) is 12.9. The lowest BCUT2D eigenvalue weighted by Gasteiger charge is -2.18. The summed E-state index contributed by atoms with van der Waals surface area (Å²) in [7, 11) is 0. The topological polar surface area (TPSA) is 78.9 Å². The lowest BCUT2D eigenvalue weighted by Crippen LogP contribution is -2.30. The van der Waals surface area contributed by atoms with E-state index in [2.05, 4.69) is 118 Å². The van der Waals surface area contributed by atoms with Gasteiger partial charge in [-0.25, -0.2) is 0 Å². The first-order chi connectivity index (χ1) is 31.0. The van der Waals surface area contributed by atoms with E-state index in [0.29, 0.717) is 12.8 Å². The molecule has 0 amide bonds. The minimum Gasteiger partial charge on any atom is -0.462 e. The minimum atomic E-state index is -0.810. The van der Waals surface area contributed by atoms with Gasteiger partial charge in [-0.3, -0.25) is 14.4 Å². The molecule has 63 heavy (non-hydrogen) atoms. The van der Waals surface area contributed by atoms with Crippen molar-refractivity contribution in [2.45, 2.75) is 232 Å². The molecule has 0 rings (SSSR count). The molecule has 0 aliphatic carbocycles. The fourth-order valence-electron chi connectivity index (χ4n) is 6.72. The Labute approximate surface area is 387 Å². The van der Waals surface area contributed by atoms with Crippen molar-refractivity contribution in [2.24, 2.45) is 0 Å². The van der Waals surface area contributed by atoms with E-state index in [9.17, 15) is 14.4 Å². The van der Waals surface area contributed by atoms with Crippen LogP contribution in [0.3, 0.4) is 0 Å². The monoisotopic (exact) mass is 875 g/mol. The van der Waals surface area contributed by atoms with E-state index in [-0.39, 0.29) is 44.0 Å². The molecule has 0 fully saturated rings. The fourth-order valence-corrected chi connectivity index (χ4v) is 6.72. The van der Waals surface area contributed by atoms with Gasteiger partial charge >= 0.3 is 17.9 Å². The van der Waals surface area contributed by atoms with Gasteiger partial charge in [-0.1, -0.05) is 208 Å². The zero-order valence-electron chi connectivity index (χ0n) is 40.8. The Kier molecular flexibility index (Phi) is 48.0. The third-order valence-corrected chi connectivity index (χ3v) is 10.6. The molecule has 0 aliphatic heterocycles. The number of carbonyl (C=O) groups excluding carboxylic acids is 3. The maximum Gasteiger partial charge on any atom is 0.306 e. The molecule has 0 radical (unpaired) electrons. The molecular formula is C57H94O6. The summed E-state index contributed by atoms with van der Waals surface area (Å²) >= 11 is 0. The van der Waals surface area contributed by atoms with E-state index in [1.165, 1.54) is 77.0 Å². The van der Waals surface area contributed by atoms with Crippen molar-refractivity contribution in [1.82, 2.24) is 0 Å². The van der Waals surface area contributed by atoms with Crippen molar-refractivity contribution in [3.8, 4) is 0 Å². The first-order valence-corrected chi connectivity index (χ1v) is 25.7. The van der Waals surface area contributed by atoms with Crippen molar-refractivity contribution in [3.05, 3.63) is 97.2 Å². The predicted octanol–water partition coefficient (Wildman–Crippen LogP) is 17.0. The number of unbranched alkanes of at least 4 members (excludes halogenated alkanes) is 18. The molecule has 0 aromatic rings. The SMILES string of the molecule is CC/C=C\C/C=C\C/C=C\C/C=C\C/C=C\CCCC(=O)OC[C@H](COC(=O)CCCCCCCCCCCCC)OC(=O)CCCCCC/C=C\C/C=C\C/C=C\CCCCC. The van der Waals surface area contributed by atoms with Crippen LogP contribution in [0.15, 0.2) is 97.2 Å². The Morgan fingerprint density at radius 1 is 0.333 bits per heavy atom. The second kappa shape index (κ2) is 51.0. The maximum atomic E-state index is 12.8. The van der Waals surface area contributed by atoms with Gasteiger partial charge in [-0.15, -0.1) is 0 Å². The molecule has 0 saturated heterocycles. The average Bonchev–Trinajstić information content (AvgIpc) is 3.28. The van der Waals surface area contributed by atoms with Crippen LogP contribution in [0.2, 0.25) is 0 Å². The third-order valence-electron chi connectivity index (χ3n) is 10.6. The standard InChI is InChI=1S/C57H94O6/c1-4-7-10-13-16-19-22-24-26-28-30-32-35-38-41-44-47-50-56(59)62-53-54(52-61-55(58)49-46-43-40-37-34-21-18-15-12-9-6-3)63-57(60)51-48-45-42-39-36-33-31-29-27-25-23-20-17-14-11-8-5-2/h7,10,16-17,19-20,24-27,30-33,38,41,54H,4-6,8-9,11-15,18,21-23,28-29,34-37,39-40,42-53H2,1-3H3/b10-7-,19-16-,20-17-,26-24-,27-25-,32-30-,33-31-,41-38-/t54-/m0/s1. The highest BCUT2D eigenvalue weighted by molar-refractivity contribution is 5.71. The molecule has 0 heterocycles. The van der Waals surface area contributed by atoms with Gasteiger partial charge in [0.25, 0.3) is 0 Å².